The number of ether oxygens (including phenoxy) is 1. The first-order valence-electron chi connectivity index (χ1n) is 8.71. The predicted octanol–water partition coefficient (Wildman–Crippen LogP) is 4.77. The van der Waals surface area contributed by atoms with Crippen LogP contribution in [-0.4, -0.2) is 22.2 Å². The second kappa shape index (κ2) is 10.1. The van der Waals surface area contributed by atoms with Gasteiger partial charge in [0.15, 0.2) is 6.10 Å². The molecule has 0 fully saturated rings. The molecule has 27 heavy (non-hydrogen) atoms. The highest BCUT2D eigenvalue weighted by molar-refractivity contribution is 7.97. The van der Waals surface area contributed by atoms with Crippen LogP contribution in [0.4, 0.5) is 5.13 Å². The molecule has 3 aromatic rings. The van der Waals surface area contributed by atoms with E-state index in [-0.39, 0.29) is 5.91 Å². The van der Waals surface area contributed by atoms with Gasteiger partial charge in [0.05, 0.1) is 0 Å². The molecular formula is C20H21N3O2S2. The number of anilines is 1. The number of aromatic nitrogens is 2. The molecule has 3 rings (SSSR count). The van der Waals surface area contributed by atoms with Crippen molar-refractivity contribution in [3.05, 3.63) is 71.2 Å². The zero-order valence-corrected chi connectivity index (χ0v) is 16.6. The molecule has 7 heteroatoms. The second-order valence-electron chi connectivity index (χ2n) is 5.80. The molecule has 1 amide bonds. The van der Waals surface area contributed by atoms with E-state index >= 15 is 0 Å². The summed E-state index contributed by atoms with van der Waals surface area (Å²) in [7, 11) is 0. The van der Waals surface area contributed by atoms with Gasteiger partial charge in [0.1, 0.15) is 10.8 Å². The van der Waals surface area contributed by atoms with Gasteiger partial charge in [-0.2, -0.15) is 0 Å². The van der Waals surface area contributed by atoms with Crippen LogP contribution in [0.3, 0.4) is 0 Å². The number of carbonyl (C=O) groups excluding carboxylic acids is 1. The van der Waals surface area contributed by atoms with Crippen molar-refractivity contribution < 1.29 is 9.53 Å². The number of hydrogen-bond acceptors (Lipinski definition) is 6. The van der Waals surface area contributed by atoms with Gasteiger partial charge in [-0.3, -0.25) is 10.1 Å². The first-order chi connectivity index (χ1) is 13.2. The highest BCUT2D eigenvalue weighted by Gasteiger charge is 2.20. The quantitative estimate of drug-likeness (QED) is 0.562. The molecule has 0 radical (unpaired) electrons. The molecule has 0 aliphatic rings. The third kappa shape index (κ3) is 6.08. The summed E-state index contributed by atoms with van der Waals surface area (Å²) >= 11 is 3.17. The molecule has 1 aromatic heterocycles. The number of benzene rings is 2. The summed E-state index contributed by atoms with van der Waals surface area (Å²) in [6.07, 6.45) is 0.00599. The first-order valence-corrected chi connectivity index (χ1v) is 10.7. The first kappa shape index (κ1) is 19.4. The van der Waals surface area contributed by atoms with E-state index in [1.165, 1.54) is 16.9 Å². The lowest BCUT2D eigenvalue weighted by atomic mass is 10.2. The van der Waals surface area contributed by atoms with E-state index in [1.807, 2.05) is 55.5 Å². The summed E-state index contributed by atoms with van der Waals surface area (Å²) in [5.74, 6) is 2.15. The van der Waals surface area contributed by atoms with Crippen molar-refractivity contribution in [3.63, 3.8) is 0 Å². The molecule has 1 N–H and O–H groups in total. The Morgan fingerprint density at radius 1 is 1.07 bits per heavy atom. The van der Waals surface area contributed by atoms with Crippen LogP contribution in [0.2, 0.25) is 0 Å². The number of carbonyl (C=O) groups is 1. The molecule has 1 atom stereocenters. The van der Waals surface area contributed by atoms with Gasteiger partial charge in [0.2, 0.25) is 5.13 Å². The van der Waals surface area contributed by atoms with Crippen molar-refractivity contribution in [2.24, 2.45) is 0 Å². The highest BCUT2D eigenvalue weighted by atomic mass is 32.2. The maximum atomic E-state index is 12.5. The van der Waals surface area contributed by atoms with Crippen LogP contribution in [0.15, 0.2) is 60.7 Å². The van der Waals surface area contributed by atoms with E-state index in [1.54, 1.807) is 11.8 Å². The van der Waals surface area contributed by atoms with Gasteiger partial charge in [-0.15, -0.1) is 22.0 Å². The molecule has 0 aliphatic carbocycles. The number of nitrogens with one attached hydrogen (secondary N) is 1. The van der Waals surface area contributed by atoms with Crippen LogP contribution in [0.25, 0.3) is 0 Å². The summed E-state index contributed by atoms with van der Waals surface area (Å²) in [5, 5.41) is 12.4. The standard InChI is InChI=1S/C20H21N3O2S2/c1-2-17(25-16-11-7-4-8-12-16)19(24)21-20-23-22-18(27-20)14-26-13-15-9-5-3-6-10-15/h3-12,17H,2,13-14H2,1H3,(H,21,23,24). The molecule has 140 valence electrons. The average Bonchev–Trinajstić information content (AvgIpc) is 3.15. The average molecular weight is 400 g/mol. The van der Waals surface area contributed by atoms with Crippen LogP contribution >= 0.6 is 23.1 Å². The zero-order valence-electron chi connectivity index (χ0n) is 15.0. The largest absolute Gasteiger partial charge is 0.481 e. The molecular weight excluding hydrogens is 378 g/mol. The summed E-state index contributed by atoms with van der Waals surface area (Å²) in [6, 6.07) is 19.6. The number of para-hydroxylation sites is 1. The van der Waals surface area contributed by atoms with Gasteiger partial charge < -0.3 is 4.74 Å². The number of hydrogen-bond donors (Lipinski definition) is 1. The minimum atomic E-state index is -0.563. The molecule has 1 heterocycles. The molecule has 0 bridgehead atoms. The van der Waals surface area contributed by atoms with Gasteiger partial charge >= 0.3 is 0 Å². The number of nitrogens with zero attached hydrogens (tertiary/aromatic N) is 2. The summed E-state index contributed by atoms with van der Waals surface area (Å²) < 4.78 is 5.76. The maximum absolute atomic E-state index is 12.5. The predicted molar refractivity (Wildman–Crippen MR) is 111 cm³/mol. The maximum Gasteiger partial charge on any atom is 0.267 e. The monoisotopic (exact) mass is 399 g/mol. The fourth-order valence-electron chi connectivity index (χ4n) is 2.36. The van der Waals surface area contributed by atoms with Crippen molar-refractivity contribution in [3.8, 4) is 5.75 Å². The van der Waals surface area contributed by atoms with Gasteiger partial charge in [-0.1, -0.05) is 66.8 Å². The Bertz CT molecular complexity index is 841. The number of amides is 1. The van der Waals surface area contributed by atoms with Crippen molar-refractivity contribution in [2.75, 3.05) is 5.32 Å². The van der Waals surface area contributed by atoms with Crippen LogP contribution < -0.4 is 10.1 Å². The molecule has 0 saturated carbocycles. The summed E-state index contributed by atoms with van der Waals surface area (Å²) in [4.78, 5) is 12.5. The molecule has 0 saturated heterocycles. The smallest absolute Gasteiger partial charge is 0.267 e. The Balaban J connectivity index is 1.49. The van der Waals surface area contributed by atoms with Crippen LogP contribution in [0, 0.1) is 0 Å². The van der Waals surface area contributed by atoms with E-state index in [2.05, 4.69) is 27.6 Å². The number of thioether (sulfide) groups is 1. The van der Waals surface area contributed by atoms with Gasteiger partial charge in [-0.05, 0) is 24.1 Å². The zero-order chi connectivity index (χ0) is 18.9. The molecule has 2 aromatic carbocycles. The van der Waals surface area contributed by atoms with Crippen molar-refractivity contribution in [2.45, 2.75) is 31.0 Å². The Morgan fingerprint density at radius 3 is 2.48 bits per heavy atom. The normalized spacial score (nSPS) is 11.7. The summed E-state index contributed by atoms with van der Waals surface area (Å²) in [5.41, 5.74) is 1.28. The molecule has 0 spiro atoms. The Hall–Kier alpha value is -2.38. The Labute approximate surface area is 167 Å². The minimum absolute atomic E-state index is 0.207. The van der Waals surface area contributed by atoms with Crippen LogP contribution in [-0.2, 0) is 16.3 Å². The fourth-order valence-corrected chi connectivity index (χ4v) is 4.15. The van der Waals surface area contributed by atoms with Crippen molar-refractivity contribution in [1.82, 2.24) is 10.2 Å². The van der Waals surface area contributed by atoms with Crippen molar-refractivity contribution >= 4 is 34.1 Å². The Kier molecular flexibility index (Phi) is 7.24. The number of rotatable bonds is 9. The van der Waals surface area contributed by atoms with E-state index in [0.29, 0.717) is 17.3 Å². The van der Waals surface area contributed by atoms with Gasteiger partial charge in [-0.25, -0.2) is 0 Å². The van der Waals surface area contributed by atoms with Crippen LogP contribution in [0.5, 0.6) is 5.75 Å². The topological polar surface area (TPSA) is 64.1 Å². The van der Waals surface area contributed by atoms with Crippen LogP contribution in [0.1, 0.15) is 23.9 Å². The SMILES string of the molecule is CCC(Oc1ccccc1)C(=O)Nc1nnc(CSCc2ccccc2)s1. The fraction of sp³-hybridized carbons (Fsp3) is 0.250. The lowest BCUT2D eigenvalue weighted by Crippen LogP contribution is -2.32. The molecule has 5 nitrogen and oxygen atoms in total. The second-order valence-corrected chi connectivity index (χ2v) is 7.84. The Morgan fingerprint density at radius 2 is 1.78 bits per heavy atom. The summed E-state index contributed by atoms with van der Waals surface area (Å²) in [6.45, 7) is 1.92. The molecule has 1 unspecified atom stereocenters. The van der Waals surface area contributed by atoms with Gasteiger partial charge in [0.25, 0.3) is 5.91 Å². The molecule has 0 aliphatic heterocycles. The van der Waals surface area contributed by atoms with E-state index in [0.717, 1.165) is 16.5 Å². The third-order valence-electron chi connectivity index (χ3n) is 3.72. The minimum Gasteiger partial charge on any atom is -0.481 e. The third-order valence-corrected chi connectivity index (χ3v) is 5.76. The lowest BCUT2D eigenvalue weighted by Gasteiger charge is -2.16. The van der Waals surface area contributed by atoms with E-state index in [9.17, 15) is 4.79 Å². The van der Waals surface area contributed by atoms with E-state index < -0.39 is 6.10 Å². The van der Waals surface area contributed by atoms with Gasteiger partial charge in [0, 0.05) is 11.5 Å². The highest BCUT2D eigenvalue weighted by Crippen LogP contribution is 2.23. The van der Waals surface area contributed by atoms with E-state index in [4.69, 9.17) is 4.74 Å². The van der Waals surface area contributed by atoms with Crippen molar-refractivity contribution in [1.29, 1.82) is 0 Å². The lowest BCUT2D eigenvalue weighted by molar-refractivity contribution is -0.122.